The Bertz CT molecular complexity index is 426. The number of hydrazone groups is 1. The Morgan fingerprint density at radius 3 is 2.77 bits per heavy atom. The second-order valence-electron chi connectivity index (χ2n) is 2.66. The molecule has 0 amide bonds. The van der Waals surface area contributed by atoms with Crippen LogP contribution in [0.15, 0.2) is 39.9 Å². The number of hydrogen-bond acceptors (Lipinski definition) is 3. The van der Waals surface area contributed by atoms with Gasteiger partial charge >= 0.3 is 0 Å². The molecule has 1 heterocycles. The summed E-state index contributed by atoms with van der Waals surface area (Å²) in [6.45, 7) is 0. The Morgan fingerprint density at radius 1 is 1.31 bits per heavy atom. The smallest absolute Gasteiger partial charge is 0.186 e. The Morgan fingerprint density at radius 2 is 2.08 bits per heavy atom. The summed E-state index contributed by atoms with van der Waals surface area (Å²) >= 11 is 0. The molecule has 0 aliphatic rings. The first-order valence-electron chi connectivity index (χ1n) is 3.83. The summed E-state index contributed by atoms with van der Waals surface area (Å²) in [6, 6.07) is 9.43. The zero-order valence-electron chi connectivity index (χ0n) is 6.90. The molecule has 0 radical (unpaired) electrons. The fourth-order valence-corrected chi connectivity index (χ4v) is 1.17. The first-order valence-corrected chi connectivity index (χ1v) is 3.83. The van der Waals surface area contributed by atoms with E-state index < -0.39 is 0 Å². The van der Waals surface area contributed by atoms with Crippen LogP contribution in [0, 0.1) is 0 Å². The molecule has 1 aromatic heterocycles. The van der Waals surface area contributed by atoms with Crippen molar-refractivity contribution < 1.29 is 4.42 Å². The summed E-state index contributed by atoms with van der Waals surface area (Å²) in [7, 11) is 0. The first kappa shape index (κ1) is 7.67. The minimum atomic E-state index is 0.205. The van der Waals surface area contributed by atoms with Gasteiger partial charge < -0.3 is 16.0 Å². The monoisotopic (exact) mass is 175 g/mol. The zero-order chi connectivity index (χ0) is 9.26. The predicted octanol–water partition coefficient (Wildman–Crippen LogP) is 1.01. The van der Waals surface area contributed by atoms with Gasteiger partial charge in [-0.15, -0.1) is 0 Å². The van der Waals surface area contributed by atoms with Crippen LogP contribution >= 0.6 is 0 Å². The molecule has 0 saturated heterocycles. The van der Waals surface area contributed by atoms with Crippen LogP contribution in [0.1, 0.15) is 5.76 Å². The van der Waals surface area contributed by atoms with Crippen LogP contribution in [0.3, 0.4) is 0 Å². The van der Waals surface area contributed by atoms with Crippen molar-refractivity contribution in [3.63, 3.8) is 0 Å². The van der Waals surface area contributed by atoms with Crippen molar-refractivity contribution in [2.45, 2.75) is 0 Å². The average Bonchev–Trinajstić information content (AvgIpc) is 2.59. The highest BCUT2D eigenvalue weighted by Gasteiger charge is 2.05. The highest BCUT2D eigenvalue weighted by molar-refractivity contribution is 5.98. The normalized spacial score (nSPS) is 12.2. The molecule has 0 spiro atoms. The second-order valence-corrected chi connectivity index (χ2v) is 2.66. The fraction of sp³-hybridized carbons (Fsp3) is 0. The molecule has 66 valence electrons. The molecule has 13 heavy (non-hydrogen) atoms. The van der Waals surface area contributed by atoms with E-state index in [-0.39, 0.29) is 5.84 Å². The number of para-hydroxylation sites is 1. The van der Waals surface area contributed by atoms with Gasteiger partial charge in [-0.05, 0) is 12.1 Å². The lowest BCUT2D eigenvalue weighted by Crippen LogP contribution is -2.14. The number of nitrogens with zero attached hydrogens (tertiary/aromatic N) is 1. The van der Waals surface area contributed by atoms with E-state index in [4.69, 9.17) is 16.0 Å². The molecule has 0 aliphatic carbocycles. The van der Waals surface area contributed by atoms with E-state index in [2.05, 4.69) is 5.10 Å². The number of hydrogen-bond donors (Lipinski definition) is 2. The van der Waals surface area contributed by atoms with Crippen LogP contribution in [-0.2, 0) is 0 Å². The van der Waals surface area contributed by atoms with Gasteiger partial charge in [0.1, 0.15) is 5.58 Å². The molecule has 4 N–H and O–H groups in total. The highest BCUT2D eigenvalue weighted by atomic mass is 16.3. The predicted molar refractivity (Wildman–Crippen MR) is 51.1 cm³/mol. The van der Waals surface area contributed by atoms with Gasteiger partial charge in [-0.1, -0.05) is 18.2 Å². The number of benzene rings is 1. The van der Waals surface area contributed by atoms with Gasteiger partial charge in [-0.25, -0.2) is 0 Å². The third-order valence-corrected chi connectivity index (χ3v) is 1.82. The van der Waals surface area contributed by atoms with E-state index in [1.807, 2.05) is 24.3 Å². The fourth-order valence-electron chi connectivity index (χ4n) is 1.17. The Kier molecular flexibility index (Phi) is 1.66. The molecular weight excluding hydrogens is 166 g/mol. The summed E-state index contributed by atoms with van der Waals surface area (Å²) in [5.41, 5.74) is 6.27. The minimum Gasteiger partial charge on any atom is -0.453 e. The van der Waals surface area contributed by atoms with Crippen LogP contribution in [-0.4, -0.2) is 5.84 Å². The van der Waals surface area contributed by atoms with Crippen molar-refractivity contribution in [2.75, 3.05) is 0 Å². The minimum absolute atomic E-state index is 0.205. The molecule has 4 heteroatoms. The SMILES string of the molecule is N/N=C(/N)c1cc2ccccc2o1. The van der Waals surface area contributed by atoms with Crippen LogP contribution in [0.2, 0.25) is 0 Å². The molecule has 2 aromatic rings. The highest BCUT2D eigenvalue weighted by Crippen LogP contribution is 2.18. The van der Waals surface area contributed by atoms with Gasteiger partial charge in [0, 0.05) is 5.39 Å². The molecule has 0 atom stereocenters. The van der Waals surface area contributed by atoms with Gasteiger partial charge in [0.05, 0.1) is 0 Å². The zero-order valence-corrected chi connectivity index (χ0v) is 6.90. The standard InChI is InChI=1S/C9H9N3O/c10-9(12-11)8-5-6-3-1-2-4-7(6)13-8/h1-5H,11H2,(H2,10,12). The van der Waals surface area contributed by atoms with Gasteiger partial charge in [0.15, 0.2) is 11.6 Å². The van der Waals surface area contributed by atoms with E-state index in [1.54, 1.807) is 6.07 Å². The van der Waals surface area contributed by atoms with E-state index in [0.29, 0.717) is 5.76 Å². The van der Waals surface area contributed by atoms with Gasteiger partial charge in [0.25, 0.3) is 0 Å². The summed E-state index contributed by atoms with van der Waals surface area (Å²) in [5, 5.41) is 4.34. The molecule has 0 saturated carbocycles. The lowest BCUT2D eigenvalue weighted by atomic mass is 10.2. The van der Waals surface area contributed by atoms with Crippen LogP contribution in [0.5, 0.6) is 0 Å². The molecule has 0 bridgehead atoms. The molecule has 0 aliphatic heterocycles. The average molecular weight is 175 g/mol. The van der Waals surface area contributed by atoms with Crippen LogP contribution in [0.4, 0.5) is 0 Å². The largest absolute Gasteiger partial charge is 0.453 e. The van der Waals surface area contributed by atoms with Crippen molar-refractivity contribution in [1.82, 2.24) is 0 Å². The van der Waals surface area contributed by atoms with Gasteiger partial charge in [-0.2, -0.15) is 5.10 Å². The Balaban J connectivity index is 2.62. The van der Waals surface area contributed by atoms with Gasteiger partial charge in [-0.3, -0.25) is 0 Å². The molecule has 1 aromatic carbocycles. The topological polar surface area (TPSA) is 77.5 Å². The number of furan rings is 1. The third-order valence-electron chi connectivity index (χ3n) is 1.82. The lowest BCUT2D eigenvalue weighted by Gasteiger charge is -1.89. The van der Waals surface area contributed by atoms with Crippen molar-refractivity contribution in [1.29, 1.82) is 0 Å². The maximum absolute atomic E-state index is 5.49. The van der Waals surface area contributed by atoms with E-state index in [1.165, 1.54) is 0 Å². The number of fused-ring (bicyclic) bond motifs is 1. The maximum Gasteiger partial charge on any atom is 0.186 e. The Labute approximate surface area is 74.8 Å². The van der Waals surface area contributed by atoms with Crippen molar-refractivity contribution >= 4 is 16.8 Å². The third kappa shape index (κ3) is 1.22. The van der Waals surface area contributed by atoms with Crippen LogP contribution < -0.4 is 11.6 Å². The quantitative estimate of drug-likeness (QED) is 0.294. The lowest BCUT2D eigenvalue weighted by molar-refractivity contribution is 0.603. The van der Waals surface area contributed by atoms with Crippen molar-refractivity contribution in [3.8, 4) is 0 Å². The second kappa shape index (κ2) is 2.82. The van der Waals surface area contributed by atoms with Gasteiger partial charge in [0.2, 0.25) is 0 Å². The Hall–Kier alpha value is -1.97. The molecule has 4 nitrogen and oxygen atoms in total. The van der Waals surface area contributed by atoms with Crippen molar-refractivity contribution in [2.24, 2.45) is 16.7 Å². The molecule has 2 rings (SSSR count). The summed E-state index contributed by atoms with van der Waals surface area (Å²) in [5.74, 6) is 5.74. The summed E-state index contributed by atoms with van der Waals surface area (Å²) in [4.78, 5) is 0. The number of rotatable bonds is 1. The summed E-state index contributed by atoms with van der Waals surface area (Å²) in [6.07, 6.45) is 0. The molecular formula is C9H9N3O. The summed E-state index contributed by atoms with van der Waals surface area (Å²) < 4.78 is 5.38. The maximum atomic E-state index is 5.49. The number of amidine groups is 1. The molecule has 0 fully saturated rings. The van der Waals surface area contributed by atoms with E-state index >= 15 is 0 Å². The number of nitrogens with two attached hydrogens (primary N) is 2. The van der Waals surface area contributed by atoms with Crippen LogP contribution in [0.25, 0.3) is 11.0 Å². The molecule has 0 unspecified atom stereocenters. The van der Waals surface area contributed by atoms with E-state index in [0.717, 1.165) is 11.0 Å². The van der Waals surface area contributed by atoms with Crippen molar-refractivity contribution in [3.05, 3.63) is 36.1 Å². The first-order chi connectivity index (χ1) is 6.31. The van der Waals surface area contributed by atoms with E-state index in [9.17, 15) is 0 Å².